The number of rotatable bonds is 9. The first-order chi connectivity index (χ1) is 20.3. The van der Waals surface area contributed by atoms with Crippen LogP contribution in [0.4, 0.5) is 5.69 Å². The average molecular weight is 574 g/mol. The second-order valence-electron chi connectivity index (χ2n) is 11.6. The number of ether oxygens (including phenoxy) is 1. The smallest absolute Gasteiger partial charge is 0.317 e. The number of carbonyl (C=O) groups is 2. The van der Waals surface area contributed by atoms with Crippen molar-refractivity contribution in [2.45, 2.75) is 45.3 Å². The van der Waals surface area contributed by atoms with Crippen LogP contribution in [0.2, 0.25) is 0 Å². The van der Waals surface area contributed by atoms with E-state index >= 15 is 0 Å². The molecule has 1 amide bonds. The Morgan fingerprint density at radius 3 is 2.64 bits per heavy atom. The predicted molar refractivity (Wildman–Crippen MR) is 159 cm³/mol. The highest BCUT2D eigenvalue weighted by atomic mass is 16.5. The molecular formula is C32H39N5O5. The number of aromatic nitrogens is 2. The maximum atomic E-state index is 13.8. The molecule has 1 fully saturated rings. The van der Waals surface area contributed by atoms with E-state index in [1.165, 1.54) is 0 Å². The Kier molecular flexibility index (Phi) is 8.02. The highest BCUT2D eigenvalue weighted by Crippen LogP contribution is 2.40. The van der Waals surface area contributed by atoms with Crippen LogP contribution >= 0.6 is 0 Å². The topological polar surface area (TPSA) is 111 Å². The predicted octanol–water partition coefficient (Wildman–Crippen LogP) is 2.88. The summed E-state index contributed by atoms with van der Waals surface area (Å²) in [4.78, 5) is 35.7. The van der Waals surface area contributed by atoms with Gasteiger partial charge in [0.1, 0.15) is 5.75 Å². The lowest BCUT2D eigenvalue weighted by atomic mass is 9.94. The van der Waals surface area contributed by atoms with Crippen LogP contribution in [-0.2, 0) is 31.2 Å². The molecule has 1 saturated heterocycles. The number of aliphatic carboxylic acids is 1. The van der Waals surface area contributed by atoms with Gasteiger partial charge < -0.3 is 29.3 Å². The number of aliphatic hydroxyl groups excluding tert-OH is 1. The number of β-amino-alcohol motifs (C(OH)–C–C–N with tert-alkyl or cyclic N) is 1. The molecule has 2 N–H and O–H groups in total. The van der Waals surface area contributed by atoms with Crippen molar-refractivity contribution in [3.63, 3.8) is 0 Å². The zero-order valence-corrected chi connectivity index (χ0v) is 24.4. The molecule has 1 unspecified atom stereocenters. The summed E-state index contributed by atoms with van der Waals surface area (Å²) in [6.07, 6.45) is 2.93. The van der Waals surface area contributed by atoms with Gasteiger partial charge in [0, 0.05) is 58.4 Å². The molecule has 0 spiro atoms. The highest BCUT2D eigenvalue weighted by Gasteiger charge is 2.33. The molecule has 0 radical (unpaired) electrons. The molecular weight excluding hydrogens is 534 g/mol. The second-order valence-corrected chi connectivity index (χ2v) is 11.6. The van der Waals surface area contributed by atoms with Gasteiger partial charge in [-0.05, 0) is 60.6 Å². The summed E-state index contributed by atoms with van der Waals surface area (Å²) in [7, 11) is 1.85. The first-order valence-electron chi connectivity index (χ1n) is 14.9. The van der Waals surface area contributed by atoms with Crippen LogP contribution in [-0.4, -0.2) is 93.4 Å². The molecule has 0 bridgehead atoms. The van der Waals surface area contributed by atoms with Crippen molar-refractivity contribution < 1.29 is 24.5 Å². The molecule has 1 atom stereocenters. The number of hydrogen-bond acceptors (Lipinski definition) is 7. The van der Waals surface area contributed by atoms with Gasteiger partial charge in [0.15, 0.2) is 5.82 Å². The fourth-order valence-electron chi connectivity index (χ4n) is 6.63. The maximum absolute atomic E-state index is 13.8. The Balaban J connectivity index is 1.18. The summed E-state index contributed by atoms with van der Waals surface area (Å²) in [6, 6.07) is 12.3. The number of aliphatic hydroxyl groups is 1. The van der Waals surface area contributed by atoms with Crippen LogP contribution in [0.15, 0.2) is 36.4 Å². The maximum Gasteiger partial charge on any atom is 0.317 e. The van der Waals surface area contributed by atoms with E-state index in [4.69, 9.17) is 9.72 Å². The fourth-order valence-corrected chi connectivity index (χ4v) is 6.63. The molecule has 3 aliphatic heterocycles. The van der Waals surface area contributed by atoms with Crippen molar-refractivity contribution in [1.82, 2.24) is 19.4 Å². The molecule has 6 rings (SSSR count). The number of carboxylic acid groups (broad SMARTS) is 1. The molecule has 42 heavy (non-hydrogen) atoms. The number of carbonyl (C=O) groups excluding carboxylic acids is 1. The van der Waals surface area contributed by atoms with E-state index in [2.05, 4.69) is 24.0 Å². The Labute approximate surface area is 246 Å². The molecule has 10 heteroatoms. The Morgan fingerprint density at radius 2 is 1.86 bits per heavy atom. The Morgan fingerprint density at radius 1 is 1.05 bits per heavy atom. The number of hydrogen-bond donors (Lipinski definition) is 2. The van der Waals surface area contributed by atoms with Crippen LogP contribution in [0.3, 0.4) is 0 Å². The molecule has 2 aromatic carbocycles. The SMILES string of the molecule is Cc1c(OCCCN2CCC(O)C2)cccc1-c1cccc2c1CCN2C(=O)c1nc2c(n1C)CN(CC(=O)O)CC2. The van der Waals surface area contributed by atoms with Gasteiger partial charge in [0.25, 0.3) is 5.91 Å². The van der Waals surface area contributed by atoms with E-state index < -0.39 is 5.97 Å². The number of imidazole rings is 1. The van der Waals surface area contributed by atoms with Crippen LogP contribution in [0, 0.1) is 6.92 Å². The van der Waals surface area contributed by atoms with Gasteiger partial charge in [-0.3, -0.25) is 14.5 Å². The zero-order chi connectivity index (χ0) is 29.4. The van der Waals surface area contributed by atoms with E-state index in [-0.39, 0.29) is 18.6 Å². The number of fused-ring (bicyclic) bond motifs is 2. The molecule has 10 nitrogen and oxygen atoms in total. The van der Waals surface area contributed by atoms with E-state index in [0.717, 1.165) is 84.0 Å². The van der Waals surface area contributed by atoms with E-state index in [1.807, 2.05) is 45.7 Å². The largest absolute Gasteiger partial charge is 0.493 e. The molecule has 3 aliphatic rings. The molecule has 222 valence electrons. The number of amides is 1. The van der Waals surface area contributed by atoms with Crippen molar-refractivity contribution in [2.24, 2.45) is 7.05 Å². The van der Waals surface area contributed by atoms with Crippen molar-refractivity contribution >= 4 is 17.6 Å². The monoisotopic (exact) mass is 573 g/mol. The molecule has 0 saturated carbocycles. The van der Waals surface area contributed by atoms with E-state index in [1.54, 1.807) is 0 Å². The minimum atomic E-state index is -0.854. The fraction of sp³-hybridized carbons (Fsp3) is 0.469. The van der Waals surface area contributed by atoms with Gasteiger partial charge >= 0.3 is 5.97 Å². The van der Waals surface area contributed by atoms with Crippen LogP contribution in [0.5, 0.6) is 5.75 Å². The lowest BCUT2D eigenvalue weighted by Gasteiger charge is -2.25. The third-order valence-electron chi connectivity index (χ3n) is 8.86. The van der Waals surface area contributed by atoms with Crippen LogP contribution in [0.1, 0.15) is 46.0 Å². The Hall–Kier alpha value is -3.73. The van der Waals surface area contributed by atoms with Gasteiger partial charge in [-0.2, -0.15) is 0 Å². The third kappa shape index (κ3) is 5.54. The molecule has 0 aliphatic carbocycles. The molecule has 4 heterocycles. The van der Waals surface area contributed by atoms with Gasteiger partial charge in [-0.1, -0.05) is 24.3 Å². The summed E-state index contributed by atoms with van der Waals surface area (Å²) < 4.78 is 8.04. The third-order valence-corrected chi connectivity index (χ3v) is 8.86. The van der Waals surface area contributed by atoms with Gasteiger partial charge in [-0.15, -0.1) is 0 Å². The van der Waals surface area contributed by atoms with Crippen molar-refractivity contribution in [3.8, 4) is 16.9 Å². The van der Waals surface area contributed by atoms with Crippen molar-refractivity contribution in [2.75, 3.05) is 50.8 Å². The summed E-state index contributed by atoms with van der Waals surface area (Å²) in [5.74, 6) is 0.276. The second kappa shape index (κ2) is 11.9. The van der Waals surface area contributed by atoms with E-state index in [9.17, 15) is 19.8 Å². The number of likely N-dealkylation sites (tertiary alicyclic amines) is 1. The van der Waals surface area contributed by atoms with Crippen LogP contribution < -0.4 is 9.64 Å². The minimum absolute atomic E-state index is 0.0224. The lowest BCUT2D eigenvalue weighted by Crippen LogP contribution is -2.35. The lowest BCUT2D eigenvalue weighted by molar-refractivity contribution is -0.138. The van der Waals surface area contributed by atoms with Gasteiger partial charge in [0.05, 0.1) is 30.6 Å². The van der Waals surface area contributed by atoms with E-state index in [0.29, 0.717) is 38.5 Å². The summed E-state index contributed by atoms with van der Waals surface area (Å²) in [6.45, 7) is 6.97. The van der Waals surface area contributed by atoms with Gasteiger partial charge in [-0.25, -0.2) is 4.98 Å². The zero-order valence-electron chi connectivity index (χ0n) is 24.4. The summed E-state index contributed by atoms with van der Waals surface area (Å²) in [5, 5.41) is 18.9. The number of anilines is 1. The number of nitrogens with zero attached hydrogens (tertiary/aromatic N) is 5. The molecule has 1 aromatic heterocycles. The molecule has 3 aromatic rings. The van der Waals surface area contributed by atoms with Crippen molar-refractivity contribution in [1.29, 1.82) is 0 Å². The van der Waals surface area contributed by atoms with Crippen molar-refractivity contribution in [3.05, 3.63) is 64.7 Å². The highest BCUT2D eigenvalue weighted by molar-refractivity contribution is 6.06. The normalized spacial score (nSPS) is 18.7. The number of carboxylic acids is 1. The summed E-state index contributed by atoms with van der Waals surface area (Å²) >= 11 is 0. The minimum Gasteiger partial charge on any atom is -0.493 e. The standard InChI is InChI=1S/C32H39N5O5/c1-21-23(6-4-9-29(21)42-17-5-13-35-14-10-22(38)18-35)24-7-3-8-27-25(24)11-16-37(27)32(41)31-33-26-12-15-36(20-30(39)40)19-28(26)34(31)2/h3-4,6-9,22,38H,5,10-20H2,1-2H3,(H,39,40). The first kappa shape index (κ1) is 28.4. The Bertz CT molecular complexity index is 1500. The van der Waals surface area contributed by atoms with Gasteiger partial charge in [0.2, 0.25) is 0 Å². The quantitative estimate of drug-likeness (QED) is 0.376. The first-order valence-corrected chi connectivity index (χ1v) is 14.9. The number of benzene rings is 2. The average Bonchev–Trinajstić information content (AvgIpc) is 3.68. The van der Waals surface area contributed by atoms with Crippen LogP contribution in [0.25, 0.3) is 11.1 Å². The summed E-state index contributed by atoms with van der Waals surface area (Å²) in [5.41, 5.74) is 7.13.